The van der Waals surface area contributed by atoms with Crippen molar-refractivity contribution in [1.29, 1.82) is 0 Å². The van der Waals surface area contributed by atoms with Crippen molar-refractivity contribution in [2.75, 3.05) is 12.8 Å². The van der Waals surface area contributed by atoms with Gasteiger partial charge in [0, 0.05) is 17.2 Å². The Morgan fingerprint density at radius 2 is 2.00 bits per heavy atom. The Hall–Kier alpha value is -1.03. The molecule has 1 aromatic rings. The number of carbonyl (C=O) groups excluding carboxylic acids is 1. The third-order valence-corrected chi connectivity index (χ3v) is 3.17. The molecule has 0 aliphatic heterocycles. The molecule has 0 unspecified atom stereocenters. The van der Waals surface area contributed by atoms with Crippen LogP contribution in [0.4, 0.5) is 5.69 Å². The van der Waals surface area contributed by atoms with Crippen molar-refractivity contribution in [3.8, 4) is 0 Å². The van der Waals surface area contributed by atoms with Gasteiger partial charge >= 0.3 is 0 Å². The number of hydrogen-bond donors (Lipinski definition) is 2. The lowest BCUT2D eigenvalue weighted by Crippen LogP contribution is -2.20. The van der Waals surface area contributed by atoms with Crippen LogP contribution in [0.15, 0.2) is 10.5 Å². The van der Waals surface area contributed by atoms with Gasteiger partial charge in [-0.1, -0.05) is 6.07 Å². The number of nitrogen functional groups attached to an aromatic ring is 1. The number of amides is 1. The molecule has 0 aromatic heterocycles. The Balaban J connectivity index is 3.47. The van der Waals surface area contributed by atoms with Crippen LogP contribution < -0.4 is 11.1 Å². The number of anilines is 1. The maximum Gasteiger partial charge on any atom is 0.254 e. The Labute approximate surface area is 91.8 Å². The van der Waals surface area contributed by atoms with Gasteiger partial charge in [-0.25, -0.2) is 0 Å². The zero-order chi connectivity index (χ0) is 10.9. The summed E-state index contributed by atoms with van der Waals surface area (Å²) in [5.41, 5.74) is 8.82. The molecule has 76 valence electrons. The molecule has 1 aromatic carbocycles. The van der Waals surface area contributed by atoms with Crippen molar-refractivity contribution in [3.63, 3.8) is 0 Å². The normalized spacial score (nSPS) is 10.0. The average molecular weight is 257 g/mol. The van der Waals surface area contributed by atoms with E-state index in [4.69, 9.17) is 5.73 Å². The fourth-order valence-electron chi connectivity index (χ4n) is 1.33. The summed E-state index contributed by atoms with van der Waals surface area (Å²) in [6, 6.07) is 1.95. The second-order valence-electron chi connectivity index (χ2n) is 3.19. The number of nitrogens with two attached hydrogens (primary N) is 1. The molecular formula is C10H13BrN2O. The largest absolute Gasteiger partial charge is 0.398 e. The number of rotatable bonds is 1. The molecular weight excluding hydrogens is 244 g/mol. The molecule has 3 nitrogen and oxygen atoms in total. The van der Waals surface area contributed by atoms with Gasteiger partial charge in [-0.2, -0.15) is 0 Å². The summed E-state index contributed by atoms with van der Waals surface area (Å²) in [4.78, 5) is 11.5. The van der Waals surface area contributed by atoms with E-state index in [0.29, 0.717) is 11.3 Å². The van der Waals surface area contributed by atoms with Gasteiger partial charge in [0.25, 0.3) is 5.91 Å². The van der Waals surface area contributed by atoms with E-state index in [9.17, 15) is 4.79 Å². The maximum absolute atomic E-state index is 11.5. The van der Waals surface area contributed by atoms with Gasteiger partial charge in [-0.15, -0.1) is 0 Å². The molecule has 0 saturated heterocycles. The highest BCUT2D eigenvalue weighted by molar-refractivity contribution is 9.10. The molecule has 0 saturated carbocycles. The fraction of sp³-hybridized carbons (Fsp3) is 0.300. The number of nitrogens with one attached hydrogen (secondary N) is 1. The summed E-state index contributed by atoms with van der Waals surface area (Å²) in [6.07, 6.45) is 0. The molecule has 14 heavy (non-hydrogen) atoms. The highest BCUT2D eigenvalue weighted by Crippen LogP contribution is 2.29. The lowest BCUT2D eigenvalue weighted by atomic mass is 10.0. The van der Waals surface area contributed by atoms with Crippen LogP contribution in [0.5, 0.6) is 0 Å². The van der Waals surface area contributed by atoms with Crippen LogP contribution in [-0.4, -0.2) is 13.0 Å². The van der Waals surface area contributed by atoms with Gasteiger partial charge in [0.15, 0.2) is 0 Å². The number of hydrogen-bond acceptors (Lipinski definition) is 2. The highest BCUT2D eigenvalue weighted by atomic mass is 79.9. The lowest BCUT2D eigenvalue weighted by Gasteiger charge is -2.11. The van der Waals surface area contributed by atoms with Crippen LogP contribution in [0, 0.1) is 13.8 Å². The second kappa shape index (κ2) is 4.00. The molecule has 3 N–H and O–H groups in total. The summed E-state index contributed by atoms with van der Waals surface area (Å²) >= 11 is 3.37. The molecule has 0 spiro atoms. The molecule has 1 rings (SSSR count). The van der Waals surface area contributed by atoms with Gasteiger partial charge in [0.1, 0.15) is 0 Å². The monoisotopic (exact) mass is 256 g/mol. The molecule has 1 amide bonds. The first kappa shape index (κ1) is 11.0. The standard InChI is InChI=1S/C10H13BrN2O/c1-5-4-6(2)9(12)7(8(5)11)10(14)13-3/h4H,12H2,1-3H3,(H,13,14). The molecule has 0 bridgehead atoms. The van der Waals surface area contributed by atoms with Crippen LogP contribution in [0.3, 0.4) is 0 Å². The molecule has 0 aliphatic rings. The van der Waals surface area contributed by atoms with Crippen molar-refractivity contribution in [1.82, 2.24) is 5.32 Å². The SMILES string of the molecule is CNC(=O)c1c(N)c(C)cc(C)c1Br. The Bertz CT molecular complexity index is 362. The van der Waals surface area contributed by atoms with Gasteiger partial charge in [0.2, 0.25) is 0 Å². The molecule has 0 atom stereocenters. The topological polar surface area (TPSA) is 55.1 Å². The fourth-order valence-corrected chi connectivity index (χ4v) is 1.83. The van der Waals surface area contributed by atoms with E-state index in [1.54, 1.807) is 7.05 Å². The van der Waals surface area contributed by atoms with E-state index in [2.05, 4.69) is 21.2 Å². The van der Waals surface area contributed by atoms with E-state index >= 15 is 0 Å². The highest BCUT2D eigenvalue weighted by Gasteiger charge is 2.15. The number of benzene rings is 1. The summed E-state index contributed by atoms with van der Waals surface area (Å²) in [7, 11) is 1.59. The van der Waals surface area contributed by atoms with Gasteiger partial charge in [0.05, 0.1) is 5.56 Å². The second-order valence-corrected chi connectivity index (χ2v) is 3.99. The first-order valence-electron chi connectivity index (χ1n) is 4.26. The van der Waals surface area contributed by atoms with Crippen LogP contribution in [-0.2, 0) is 0 Å². The van der Waals surface area contributed by atoms with Crippen LogP contribution in [0.2, 0.25) is 0 Å². The van der Waals surface area contributed by atoms with Crippen molar-refractivity contribution in [2.24, 2.45) is 0 Å². The first-order valence-corrected chi connectivity index (χ1v) is 5.05. The van der Waals surface area contributed by atoms with E-state index < -0.39 is 0 Å². The molecule has 0 fully saturated rings. The maximum atomic E-state index is 11.5. The van der Waals surface area contributed by atoms with Crippen molar-refractivity contribution >= 4 is 27.5 Å². The lowest BCUT2D eigenvalue weighted by molar-refractivity contribution is 0.0963. The van der Waals surface area contributed by atoms with E-state index in [1.165, 1.54) is 0 Å². The molecule has 4 heteroatoms. The summed E-state index contributed by atoms with van der Waals surface area (Å²) < 4.78 is 0.764. The van der Waals surface area contributed by atoms with E-state index in [1.807, 2.05) is 19.9 Å². The van der Waals surface area contributed by atoms with Crippen LogP contribution in [0.1, 0.15) is 21.5 Å². The first-order chi connectivity index (χ1) is 6.49. The van der Waals surface area contributed by atoms with E-state index in [0.717, 1.165) is 15.6 Å². The van der Waals surface area contributed by atoms with E-state index in [-0.39, 0.29) is 5.91 Å². The molecule has 0 radical (unpaired) electrons. The Morgan fingerprint density at radius 3 is 2.50 bits per heavy atom. The van der Waals surface area contributed by atoms with Crippen LogP contribution in [0.25, 0.3) is 0 Å². The molecule has 0 heterocycles. The number of aryl methyl sites for hydroxylation is 2. The predicted octanol–water partition coefficient (Wildman–Crippen LogP) is 2.01. The van der Waals surface area contributed by atoms with Gasteiger partial charge in [-0.3, -0.25) is 4.79 Å². The number of carbonyl (C=O) groups is 1. The predicted molar refractivity (Wildman–Crippen MR) is 61.4 cm³/mol. The third kappa shape index (κ3) is 1.75. The smallest absolute Gasteiger partial charge is 0.254 e. The zero-order valence-corrected chi connectivity index (χ0v) is 10.0. The van der Waals surface area contributed by atoms with Gasteiger partial charge in [-0.05, 0) is 40.9 Å². The third-order valence-electron chi connectivity index (χ3n) is 2.15. The minimum absolute atomic E-state index is 0.166. The minimum atomic E-state index is -0.166. The van der Waals surface area contributed by atoms with Crippen molar-refractivity contribution in [2.45, 2.75) is 13.8 Å². The Morgan fingerprint density at radius 1 is 1.43 bits per heavy atom. The quantitative estimate of drug-likeness (QED) is 0.756. The minimum Gasteiger partial charge on any atom is -0.398 e. The van der Waals surface area contributed by atoms with Crippen molar-refractivity contribution < 1.29 is 4.79 Å². The summed E-state index contributed by atoms with van der Waals surface area (Å²) in [5.74, 6) is -0.166. The summed E-state index contributed by atoms with van der Waals surface area (Å²) in [6.45, 7) is 3.82. The number of halogens is 1. The Kier molecular flexibility index (Phi) is 3.16. The summed E-state index contributed by atoms with van der Waals surface area (Å²) in [5, 5.41) is 2.57. The zero-order valence-electron chi connectivity index (χ0n) is 8.44. The van der Waals surface area contributed by atoms with Gasteiger partial charge < -0.3 is 11.1 Å². The van der Waals surface area contributed by atoms with Crippen molar-refractivity contribution in [3.05, 3.63) is 27.2 Å². The molecule has 0 aliphatic carbocycles. The van der Waals surface area contributed by atoms with Crippen LogP contribution >= 0.6 is 15.9 Å². The average Bonchev–Trinajstić information content (AvgIpc) is 2.15.